The number of aromatic nitrogens is 3. The van der Waals surface area contributed by atoms with Gasteiger partial charge in [-0.25, -0.2) is 28.5 Å². The molecule has 2 bridgehead atoms. The van der Waals surface area contributed by atoms with E-state index in [-0.39, 0.29) is 30.7 Å². The Morgan fingerprint density at radius 3 is 2.69 bits per heavy atom. The van der Waals surface area contributed by atoms with E-state index in [0.717, 1.165) is 18.2 Å². The third-order valence-corrected chi connectivity index (χ3v) is 6.21. The highest BCUT2D eigenvalue weighted by Crippen LogP contribution is 2.36. The van der Waals surface area contributed by atoms with Gasteiger partial charge in [-0.15, -0.1) is 0 Å². The normalized spacial score (nSPS) is 22.6. The standard InChI is InChI=1S/C22H24F2N6O2/c1-12-25-10-19(32-12)17-5-2-13-9-27-21(8-18(13)28-17)29-22(31)30-15-3-4-16(30)7-14(6-15)26-11-20(23)24/h2,5,8-10,14-16,20,26H,3-4,6-7,11H2,1H3,(H,27,29,31)/t14-,15+,16-. The number of aryl methyl sites for hydroxylation is 1. The van der Waals surface area contributed by atoms with Gasteiger partial charge in [0.15, 0.2) is 11.7 Å². The first-order valence-electron chi connectivity index (χ1n) is 10.8. The van der Waals surface area contributed by atoms with Crippen molar-refractivity contribution in [3.8, 4) is 11.5 Å². The molecule has 2 aliphatic heterocycles. The van der Waals surface area contributed by atoms with Gasteiger partial charge >= 0.3 is 6.03 Å². The van der Waals surface area contributed by atoms with Crippen molar-refractivity contribution in [1.29, 1.82) is 0 Å². The Morgan fingerprint density at radius 2 is 2.00 bits per heavy atom. The number of pyridine rings is 2. The molecule has 2 saturated heterocycles. The number of carbonyl (C=O) groups is 1. The molecule has 8 nitrogen and oxygen atoms in total. The number of hydrogen-bond donors (Lipinski definition) is 2. The number of hydrogen-bond acceptors (Lipinski definition) is 6. The van der Waals surface area contributed by atoms with E-state index in [1.165, 1.54) is 0 Å². The van der Waals surface area contributed by atoms with Crippen LogP contribution < -0.4 is 10.6 Å². The molecule has 168 valence electrons. The Balaban J connectivity index is 1.29. The van der Waals surface area contributed by atoms with Crippen LogP contribution in [0.1, 0.15) is 31.6 Å². The molecular formula is C22H24F2N6O2. The lowest BCUT2D eigenvalue weighted by Gasteiger charge is -2.39. The summed E-state index contributed by atoms with van der Waals surface area (Å²) in [6.45, 7) is 1.47. The third-order valence-electron chi connectivity index (χ3n) is 6.21. The third kappa shape index (κ3) is 4.14. The Kier molecular flexibility index (Phi) is 5.46. The van der Waals surface area contributed by atoms with Crippen molar-refractivity contribution in [2.75, 3.05) is 11.9 Å². The molecule has 0 aromatic carbocycles. The molecule has 3 aromatic heterocycles. The molecule has 5 rings (SSSR count). The lowest BCUT2D eigenvalue weighted by atomic mass is 9.97. The van der Waals surface area contributed by atoms with Gasteiger partial charge in [0.05, 0.1) is 18.3 Å². The second kappa shape index (κ2) is 8.42. The number of rotatable bonds is 5. The molecule has 32 heavy (non-hydrogen) atoms. The summed E-state index contributed by atoms with van der Waals surface area (Å²) >= 11 is 0. The highest BCUT2D eigenvalue weighted by Gasteiger charge is 2.43. The number of carbonyl (C=O) groups excluding carboxylic acids is 1. The van der Waals surface area contributed by atoms with Crippen LogP contribution in [0.3, 0.4) is 0 Å². The van der Waals surface area contributed by atoms with E-state index >= 15 is 0 Å². The molecule has 3 aromatic rings. The maximum atomic E-state index is 13.0. The van der Waals surface area contributed by atoms with E-state index < -0.39 is 6.43 Å². The van der Waals surface area contributed by atoms with Crippen LogP contribution in [0.15, 0.2) is 35.0 Å². The summed E-state index contributed by atoms with van der Waals surface area (Å²) in [6, 6.07) is 5.37. The minimum atomic E-state index is -2.37. The van der Waals surface area contributed by atoms with E-state index in [1.807, 2.05) is 17.0 Å². The second-order valence-electron chi connectivity index (χ2n) is 8.39. The van der Waals surface area contributed by atoms with Crippen LogP contribution in [0.4, 0.5) is 19.4 Å². The second-order valence-corrected chi connectivity index (χ2v) is 8.39. The predicted molar refractivity (Wildman–Crippen MR) is 114 cm³/mol. The van der Waals surface area contributed by atoms with E-state index in [4.69, 9.17) is 4.42 Å². The fourth-order valence-corrected chi connectivity index (χ4v) is 4.81. The van der Waals surface area contributed by atoms with E-state index in [9.17, 15) is 13.6 Å². The fraction of sp³-hybridized carbons (Fsp3) is 0.455. The van der Waals surface area contributed by atoms with Crippen LogP contribution in [-0.2, 0) is 0 Å². The molecule has 2 amide bonds. The van der Waals surface area contributed by atoms with Crippen LogP contribution in [0.5, 0.6) is 0 Å². The maximum Gasteiger partial charge on any atom is 0.323 e. The van der Waals surface area contributed by atoms with Gasteiger partial charge in [-0.2, -0.15) is 0 Å². The summed E-state index contributed by atoms with van der Waals surface area (Å²) in [4.78, 5) is 27.9. The number of fused-ring (bicyclic) bond motifs is 3. The number of anilines is 1. The summed E-state index contributed by atoms with van der Waals surface area (Å²) in [5.74, 6) is 1.55. The van der Waals surface area contributed by atoms with Crippen molar-refractivity contribution in [3.63, 3.8) is 0 Å². The van der Waals surface area contributed by atoms with Gasteiger partial charge in [0.25, 0.3) is 6.43 Å². The summed E-state index contributed by atoms with van der Waals surface area (Å²) in [7, 11) is 0. The molecule has 2 N–H and O–H groups in total. The Morgan fingerprint density at radius 1 is 1.22 bits per heavy atom. The summed E-state index contributed by atoms with van der Waals surface area (Å²) < 4.78 is 30.6. The lowest BCUT2D eigenvalue weighted by molar-refractivity contribution is 0.115. The van der Waals surface area contributed by atoms with Crippen molar-refractivity contribution < 1.29 is 18.0 Å². The number of halogens is 2. The number of oxazole rings is 1. The summed E-state index contributed by atoms with van der Waals surface area (Å²) in [5, 5.41) is 6.66. The monoisotopic (exact) mass is 442 g/mol. The predicted octanol–water partition coefficient (Wildman–Crippen LogP) is 3.98. The average Bonchev–Trinajstić information content (AvgIpc) is 3.32. The molecule has 0 unspecified atom stereocenters. The van der Waals surface area contributed by atoms with E-state index in [2.05, 4.69) is 25.6 Å². The molecular weight excluding hydrogens is 418 g/mol. The molecule has 2 fully saturated rings. The van der Waals surface area contributed by atoms with Gasteiger partial charge in [0.2, 0.25) is 0 Å². The van der Waals surface area contributed by atoms with Gasteiger partial charge in [-0.05, 0) is 37.8 Å². The van der Waals surface area contributed by atoms with Crippen molar-refractivity contribution in [1.82, 2.24) is 25.2 Å². The first-order valence-corrected chi connectivity index (χ1v) is 10.8. The minimum absolute atomic E-state index is 0.0201. The van der Waals surface area contributed by atoms with Crippen molar-refractivity contribution in [3.05, 3.63) is 36.5 Å². The maximum absolute atomic E-state index is 13.0. The van der Waals surface area contributed by atoms with Crippen molar-refractivity contribution >= 4 is 22.8 Å². The van der Waals surface area contributed by atoms with Crippen LogP contribution in [-0.4, -0.2) is 57.0 Å². The van der Waals surface area contributed by atoms with Crippen molar-refractivity contribution in [2.24, 2.45) is 0 Å². The van der Waals surface area contributed by atoms with Gasteiger partial charge in [0.1, 0.15) is 11.5 Å². The highest BCUT2D eigenvalue weighted by molar-refractivity contribution is 5.91. The smallest absolute Gasteiger partial charge is 0.323 e. The minimum Gasteiger partial charge on any atom is -0.439 e. The van der Waals surface area contributed by atoms with Gasteiger partial charge < -0.3 is 14.6 Å². The number of alkyl halides is 2. The Labute approximate surface area is 183 Å². The van der Waals surface area contributed by atoms with E-state index in [1.54, 1.807) is 25.4 Å². The highest BCUT2D eigenvalue weighted by atomic mass is 19.3. The SMILES string of the molecule is Cc1ncc(-c2ccc3cnc(NC(=O)N4[C@@H]5CC[C@H]4C[C@@H](NCC(F)F)C5)cc3n2)o1. The first kappa shape index (κ1) is 20.7. The zero-order valence-electron chi connectivity index (χ0n) is 17.6. The molecule has 0 aliphatic carbocycles. The Hall–Kier alpha value is -3.14. The van der Waals surface area contributed by atoms with Crippen LogP contribution in [0.2, 0.25) is 0 Å². The summed E-state index contributed by atoms with van der Waals surface area (Å²) in [6.07, 6.45) is 4.07. The molecule has 2 aliphatic rings. The number of amides is 2. The molecule has 0 radical (unpaired) electrons. The largest absolute Gasteiger partial charge is 0.439 e. The zero-order chi connectivity index (χ0) is 22.2. The number of piperidine rings is 1. The van der Waals surface area contributed by atoms with Gasteiger partial charge in [0, 0.05) is 42.7 Å². The summed E-state index contributed by atoms with van der Waals surface area (Å²) in [5.41, 5.74) is 1.33. The Bertz CT molecular complexity index is 1120. The molecule has 10 heteroatoms. The number of urea groups is 1. The first-order chi connectivity index (χ1) is 15.5. The molecule has 5 heterocycles. The number of nitrogens with zero attached hydrogens (tertiary/aromatic N) is 4. The lowest BCUT2D eigenvalue weighted by Crippen LogP contribution is -2.53. The van der Waals surface area contributed by atoms with Gasteiger partial charge in [-0.3, -0.25) is 5.32 Å². The van der Waals surface area contributed by atoms with Crippen LogP contribution in [0.25, 0.3) is 22.4 Å². The van der Waals surface area contributed by atoms with Crippen molar-refractivity contribution in [2.45, 2.75) is 57.2 Å². The van der Waals surface area contributed by atoms with Crippen LogP contribution in [0, 0.1) is 6.92 Å². The number of nitrogens with one attached hydrogen (secondary N) is 2. The topological polar surface area (TPSA) is 96.2 Å². The van der Waals surface area contributed by atoms with E-state index in [0.29, 0.717) is 41.5 Å². The average molecular weight is 442 g/mol. The van der Waals surface area contributed by atoms with Crippen LogP contribution >= 0.6 is 0 Å². The van der Waals surface area contributed by atoms with Gasteiger partial charge in [-0.1, -0.05) is 0 Å². The quantitative estimate of drug-likeness (QED) is 0.621. The molecule has 0 saturated carbocycles. The molecule has 3 atom stereocenters. The zero-order valence-corrected chi connectivity index (χ0v) is 17.6. The molecule has 0 spiro atoms. The fourth-order valence-electron chi connectivity index (χ4n) is 4.81.